The van der Waals surface area contributed by atoms with Gasteiger partial charge in [0.1, 0.15) is 11.6 Å². The van der Waals surface area contributed by atoms with Crippen LogP contribution in [0.1, 0.15) is 43.7 Å². The largest absolute Gasteiger partial charge is 0.497 e. The lowest BCUT2D eigenvalue weighted by Gasteiger charge is -2.14. The van der Waals surface area contributed by atoms with Gasteiger partial charge in [0.05, 0.1) is 19.3 Å². The average molecular weight is 313 g/mol. The molecular formula is C18H23N3O2. The van der Waals surface area contributed by atoms with Crippen LogP contribution < -0.4 is 10.1 Å². The summed E-state index contributed by atoms with van der Waals surface area (Å²) in [6, 6.07) is 10.1. The van der Waals surface area contributed by atoms with Crippen LogP contribution >= 0.6 is 0 Å². The minimum absolute atomic E-state index is 0.0283. The molecule has 0 spiro atoms. The van der Waals surface area contributed by atoms with Crippen molar-refractivity contribution in [2.75, 3.05) is 12.4 Å². The zero-order valence-corrected chi connectivity index (χ0v) is 13.5. The molecule has 1 aromatic heterocycles. The number of nitrogens with one attached hydrogen (secondary N) is 1. The number of benzene rings is 1. The predicted octanol–water partition coefficient (Wildman–Crippen LogP) is 3.58. The van der Waals surface area contributed by atoms with Crippen molar-refractivity contribution in [3.05, 3.63) is 42.1 Å². The summed E-state index contributed by atoms with van der Waals surface area (Å²) >= 11 is 0. The topological polar surface area (TPSA) is 56.1 Å². The molecule has 0 radical (unpaired) electrons. The van der Waals surface area contributed by atoms with Crippen molar-refractivity contribution in [2.45, 2.75) is 44.6 Å². The maximum absolute atomic E-state index is 12.2. The molecule has 1 aliphatic rings. The Labute approximate surface area is 136 Å². The highest BCUT2D eigenvalue weighted by atomic mass is 16.5. The highest BCUT2D eigenvalue weighted by molar-refractivity contribution is 5.89. The lowest BCUT2D eigenvalue weighted by Crippen LogP contribution is -2.17. The minimum Gasteiger partial charge on any atom is -0.497 e. The number of carbonyl (C=O) groups is 1. The van der Waals surface area contributed by atoms with E-state index >= 15 is 0 Å². The molecule has 1 aromatic carbocycles. The number of amides is 1. The van der Waals surface area contributed by atoms with E-state index in [1.165, 1.54) is 12.8 Å². The van der Waals surface area contributed by atoms with E-state index in [9.17, 15) is 4.79 Å². The fourth-order valence-corrected chi connectivity index (χ4v) is 3.11. The Kier molecular flexibility index (Phi) is 4.95. The molecule has 122 valence electrons. The van der Waals surface area contributed by atoms with Gasteiger partial charge >= 0.3 is 0 Å². The monoisotopic (exact) mass is 313 g/mol. The van der Waals surface area contributed by atoms with Crippen LogP contribution in [0, 0.1) is 0 Å². The molecule has 0 bridgehead atoms. The van der Waals surface area contributed by atoms with E-state index < -0.39 is 0 Å². The van der Waals surface area contributed by atoms with Gasteiger partial charge in [0.2, 0.25) is 5.91 Å². The maximum atomic E-state index is 12.2. The number of nitrogens with zero attached hydrogens (tertiary/aromatic N) is 2. The van der Waals surface area contributed by atoms with Gasteiger partial charge in [-0.2, -0.15) is 5.10 Å². The van der Waals surface area contributed by atoms with Gasteiger partial charge in [-0.1, -0.05) is 25.0 Å². The standard InChI is InChI=1S/C18H23N3O2/c1-23-16-9-6-14(7-10-16)8-11-18(22)20-17-12-13-19-21(17)15-4-2-3-5-15/h6-7,9-10,12-13,15H,2-5,8,11H2,1H3,(H,20,22). The summed E-state index contributed by atoms with van der Waals surface area (Å²) in [6.07, 6.45) is 7.73. The summed E-state index contributed by atoms with van der Waals surface area (Å²) < 4.78 is 7.11. The van der Waals surface area contributed by atoms with Gasteiger partial charge in [0.25, 0.3) is 0 Å². The van der Waals surface area contributed by atoms with Gasteiger partial charge in [0.15, 0.2) is 0 Å². The molecule has 1 aliphatic carbocycles. The van der Waals surface area contributed by atoms with Crippen molar-refractivity contribution in [3.8, 4) is 5.75 Å². The van der Waals surface area contributed by atoms with Crippen LogP contribution in [-0.4, -0.2) is 22.8 Å². The SMILES string of the molecule is COc1ccc(CCC(=O)Nc2ccnn2C2CCCC2)cc1. The van der Waals surface area contributed by atoms with Crippen molar-refractivity contribution in [2.24, 2.45) is 0 Å². The van der Waals surface area contributed by atoms with Crippen LogP contribution in [0.3, 0.4) is 0 Å². The smallest absolute Gasteiger partial charge is 0.225 e. The zero-order valence-electron chi connectivity index (χ0n) is 13.5. The van der Waals surface area contributed by atoms with Gasteiger partial charge in [0, 0.05) is 12.5 Å². The molecule has 5 heteroatoms. The summed E-state index contributed by atoms with van der Waals surface area (Å²) in [6.45, 7) is 0. The summed E-state index contributed by atoms with van der Waals surface area (Å²) in [5.41, 5.74) is 1.13. The molecule has 1 amide bonds. The number of carbonyl (C=O) groups excluding carboxylic acids is 1. The van der Waals surface area contributed by atoms with Crippen LogP contribution in [0.2, 0.25) is 0 Å². The predicted molar refractivity (Wildman–Crippen MR) is 89.7 cm³/mol. The second-order valence-corrected chi connectivity index (χ2v) is 6.00. The van der Waals surface area contributed by atoms with Crippen molar-refractivity contribution >= 4 is 11.7 Å². The summed E-state index contributed by atoms with van der Waals surface area (Å²) in [5, 5.41) is 7.37. The minimum atomic E-state index is 0.0283. The Balaban J connectivity index is 1.54. The summed E-state index contributed by atoms with van der Waals surface area (Å²) in [5.74, 6) is 1.68. The molecule has 1 N–H and O–H groups in total. The van der Waals surface area contributed by atoms with Crippen LogP contribution in [0.25, 0.3) is 0 Å². The van der Waals surface area contributed by atoms with Gasteiger partial charge in [-0.25, -0.2) is 4.68 Å². The second kappa shape index (κ2) is 7.31. The van der Waals surface area contributed by atoms with E-state index in [-0.39, 0.29) is 5.91 Å². The first-order valence-corrected chi connectivity index (χ1v) is 8.22. The van der Waals surface area contributed by atoms with E-state index in [1.807, 2.05) is 35.0 Å². The van der Waals surface area contributed by atoms with Gasteiger partial charge in [-0.3, -0.25) is 4.79 Å². The quantitative estimate of drug-likeness (QED) is 0.887. The molecule has 1 heterocycles. The van der Waals surface area contributed by atoms with Crippen LogP contribution in [0.15, 0.2) is 36.5 Å². The molecule has 0 atom stereocenters. The number of methoxy groups -OCH3 is 1. The maximum Gasteiger partial charge on any atom is 0.225 e. The Morgan fingerprint density at radius 3 is 2.70 bits per heavy atom. The van der Waals surface area contributed by atoms with E-state index in [1.54, 1.807) is 13.3 Å². The summed E-state index contributed by atoms with van der Waals surface area (Å²) in [4.78, 5) is 12.2. The first-order valence-electron chi connectivity index (χ1n) is 8.22. The Morgan fingerprint density at radius 2 is 2.00 bits per heavy atom. The molecule has 0 saturated heterocycles. The lowest BCUT2D eigenvalue weighted by atomic mass is 10.1. The molecule has 1 saturated carbocycles. The van der Waals surface area contributed by atoms with Gasteiger partial charge < -0.3 is 10.1 Å². The molecule has 0 aliphatic heterocycles. The number of ether oxygens (including phenoxy) is 1. The molecule has 5 nitrogen and oxygen atoms in total. The normalized spacial score (nSPS) is 14.8. The van der Waals surface area contributed by atoms with E-state index in [0.29, 0.717) is 18.9 Å². The molecule has 1 fully saturated rings. The van der Waals surface area contributed by atoms with Crippen LogP contribution in [0.5, 0.6) is 5.75 Å². The number of aromatic nitrogens is 2. The first kappa shape index (κ1) is 15.6. The Morgan fingerprint density at radius 1 is 1.26 bits per heavy atom. The molecule has 0 unspecified atom stereocenters. The molecule has 23 heavy (non-hydrogen) atoms. The third kappa shape index (κ3) is 3.92. The van der Waals surface area contributed by atoms with E-state index in [4.69, 9.17) is 4.74 Å². The number of aryl methyl sites for hydroxylation is 1. The third-order valence-corrected chi connectivity index (χ3v) is 4.41. The summed E-state index contributed by atoms with van der Waals surface area (Å²) in [7, 11) is 1.65. The van der Waals surface area contributed by atoms with E-state index in [2.05, 4.69) is 10.4 Å². The second-order valence-electron chi connectivity index (χ2n) is 6.00. The van der Waals surface area contributed by atoms with Crippen molar-refractivity contribution < 1.29 is 9.53 Å². The van der Waals surface area contributed by atoms with Gasteiger partial charge in [-0.05, 0) is 37.0 Å². The Bertz CT molecular complexity index is 643. The fourth-order valence-electron chi connectivity index (χ4n) is 3.11. The fraction of sp³-hybridized carbons (Fsp3) is 0.444. The van der Waals surface area contributed by atoms with Gasteiger partial charge in [-0.15, -0.1) is 0 Å². The zero-order chi connectivity index (χ0) is 16.1. The molecule has 3 rings (SSSR count). The van der Waals surface area contributed by atoms with Crippen molar-refractivity contribution in [1.29, 1.82) is 0 Å². The highest BCUT2D eigenvalue weighted by Gasteiger charge is 2.20. The first-order chi connectivity index (χ1) is 11.3. The van der Waals surface area contributed by atoms with Crippen molar-refractivity contribution in [1.82, 2.24) is 9.78 Å². The highest BCUT2D eigenvalue weighted by Crippen LogP contribution is 2.31. The van der Waals surface area contributed by atoms with Crippen molar-refractivity contribution in [3.63, 3.8) is 0 Å². The van der Waals surface area contributed by atoms with Crippen LogP contribution in [-0.2, 0) is 11.2 Å². The average Bonchev–Trinajstić information content (AvgIpc) is 3.24. The van der Waals surface area contributed by atoms with Crippen LogP contribution in [0.4, 0.5) is 5.82 Å². The Hall–Kier alpha value is -2.30. The molecule has 2 aromatic rings. The molecular weight excluding hydrogens is 290 g/mol. The number of hydrogen-bond donors (Lipinski definition) is 1. The number of anilines is 1. The lowest BCUT2D eigenvalue weighted by molar-refractivity contribution is -0.116. The van der Waals surface area contributed by atoms with E-state index in [0.717, 1.165) is 30.0 Å². The number of rotatable bonds is 6. The third-order valence-electron chi connectivity index (χ3n) is 4.41. The number of hydrogen-bond acceptors (Lipinski definition) is 3.